The number of amides is 2. The molecule has 2 aromatic carbocycles. The Hall–Kier alpha value is -2.71. The number of aryl methyl sites for hydroxylation is 1. The molecule has 14 heteroatoms. The van der Waals surface area contributed by atoms with E-state index in [-0.39, 0.29) is 33.3 Å². The van der Waals surface area contributed by atoms with E-state index in [9.17, 15) is 35.5 Å². The summed E-state index contributed by atoms with van der Waals surface area (Å²) in [5, 5.41) is 3.68. The Balaban J connectivity index is 0.00000162. The summed E-state index contributed by atoms with van der Waals surface area (Å²) < 4.78 is 95.1. The van der Waals surface area contributed by atoms with E-state index in [2.05, 4.69) is 34.8 Å². The van der Waals surface area contributed by atoms with Crippen molar-refractivity contribution in [2.75, 3.05) is 13.6 Å². The zero-order valence-corrected chi connectivity index (χ0v) is 25.9. The molecule has 5 atom stereocenters. The Morgan fingerprint density at radius 3 is 2.12 bits per heavy atom. The van der Waals surface area contributed by atoms with Gasteiger partial charge in [-0.25, -0.2) is 9.18 Å². The molecule has 4 rings (SSSR count). The van der Waals surface area contributed by atoms with Crippen LogP contribution in [0.2, 0.25) is 0 Å². The minimum absolute atomic E-state index is 0.0749. The molecule has 0 aliphatic carbocycles. The molecule has 2 amide bonds. The summed E-state index contributed by atoms with van der Waals surface area (Å²) in [5.41, 5.74) is -2.01. The van der Waals surface area contributed by atoms with Crippen molar-refractivity contribution in [3.05, 3.63) is 70.0 Å². The van der Waals surface area contributed by atoms with Crippen LogP contribution in [0.25, 0.3) is 0 Å². The second-order valence-electron chi connectivity index (χ2n) is 11.1. The van der Waals surface area contributed by atoms with Crippen LogP contribution in [0.3, 0.4) is 0 Å². The summed E-state index contributed by atoms with van der Waals surface area (Å²) in [5.74, 6) is -0.417. The van der Waals surface area contributed by atoms with E-state index in [4.69, 9.17) is 9.59 Å². The molecule has 0 aromatic heterocycles. The number of carbonyl (C=O) groups is 1. The van der Waals surface area contributed by atoms with Gasteiger partial charge in [0.1, 0.15) is 5.82 Å². The third kappa shape index (κ3) is 7.69. The lowest BCUT2D eigenvalue weighted by atomic mass is 9.79. The third-order valence-corrected chi connectivity index (χ3v) is 9.94. The molecule has 2 fully saturated rings. The Morgan fingerprint density at radius 1 is 1.09 bits per heavy atom. The van der Waals surface area contributed by atoms with Crippen molar-refractivity contribution in [1.82, 2.24) is 15.1 Å². The maximum absolute atomic E-state index is 14.0. The summed E-state index contributed by atoms with van der Waals surface area (Å²) in [7, 11) is 1.37. The van der Waals surface area contributed by atoms with Crippen molar-refractivity contribution in [3.63, 3.8) is 0 Å². The van der Waals surface area contributed by atoms with Gasteiger partial charge in [0, 0.05) is 29.1 Å². The van der Waals surface area contributed by atoms with Crippen molar-refractivity contribution < 1.29 is 45.1 Å². The number of likely N-dealkylation sites (tertiary alicyclic amines) is 1. The maximum Gasteiger partial charge on any atom is 0.416 e. The normalized spacial score (nSPS) is 24.7. The molecule has 2 heterocycles. The van der Waals surface area contributed by atoms with Crippen LogP contribution in [-0.4, -0.2) is 51.1 Å². The van der Waals surface area contributed by atoms with Gasteiger partial charge in [-0.05, 0) is 87.1 Å². The Kier molecular flexibility index (Phi) is 10.6. The summed E-state index contributed by atoms with van der Waals surface area (Å²) >= 11 is 2.42. The molecule has 43 heavy (non-hydrogen) atoms. The molecule has 2 aliphatic heterocycles. The predicted molar refractivity (Wildman–Crippen MR) is 151 cm³/mol. The molecule has 1 N–H and O–H groups in total. The van der Waals surface area contributed by atoms with Gasteiger partial charge in [-0.2, -0.15) is 35.9 Å². The second-order valence-corrected chi connectivity index (χ2v) is 12.6. The van der Waals surface area contributed by atoms with Gasteiger partial charge in [0.25, 0.3) is 0 Å². The zero-order valence-electron chi connectivity index (χ0n) is 23.7. The third-order valence-electron chi connectivity index (χ3n) is 8.24. The van der Waals surface area contributed by atoms with Crippen LogP contribution >= 0.6 is 22.6 Å². The first-order chi connectivity index (χ1) is 19.8. The van der Waals surface area contributed by atoms with Crippen LogP contribution in [0, 0.1) is 12.7 Å². The molecule has 2 aliphatic rings. The molecule has 0 radical (unpaired) electrons. The van der Waals surface area contributed by atoms with Crippen molar-refractivity contribution in [2.45, 2.75) is 80.0 Å². The van der Waals surface area contributed by atoms with E-state index >= 15 is 0 Å². The maximum atomic E-state index is 14.0. The monoisotopic (exact) mass is 729 g/mol. The smallest absolute Gasteiger partial charge is 0.321 e. The van der Waals surface area contributed by atoms with E-state index in [1.54, 1.807) is 17.9 Å². The Labute approximate surface area is 258 Å². The fourth-order valence-corrected chi connectivity index (χ4v) is 7.46. The van der Waals surface area contributed by atoms with Crippen molar-refractivity contribution in [1.29, 1.82) is 0 Å². The number of hydrogen-bond acceptors (Lipinski definition) is 4. The minimum atomic E-state index is -4.99. The van der Waals surface area contributed by atoms with E-state index in [0.717, 1.165) is 12.0 Å². The Morgan fingerprint density at radius 2 is 1.65 bits per heavy atom. The summed E-state index contributed by atoms with van der Waals surface area (Å²) in [4.78, 5) is 32.9. The molecule has 0 saturated carbocycles. The highest BCUT2D eigenvalue weighted by Gasteiger charge is 2.51. The predicted octanol–water partition coefficient (Wildman–Crippen LogP) is 7.46. The van der Waals surface area contributed by atoms with Gasteiger partial charge in [0.15, 0.2) is 0 Å². The first kappa shape index (κ1) is 34.8. The molecular weight excluding hydrogens is 698 g/mol. The van der Waals surface area contributed by atoms with E-state index in [1.165, 1.54) is 31.0 Å². The van der Waals surface area contributed by atoms with Crippen LogP contribution in [-0.2, 0) is 21.9 Å². The number of hydrogen-bond donors (Lipinski definition) is 1. The second kappa shape index (κ2) is 13.1. The lowest BCUT2D eigenvalue weighted by molar-refractivity contribution is -0.191. The fraction of sp³-hybridized carbons (Fsp3) is 0.517. The lowest BCUT2D eigenvalue weighted by Gasteiger charge is -2.48. The number of alkyl halides is 7. The zero-order chi connectivity index (χ0) is 32.5. The van der Waals surface area contributed by atoms with Gasteiger partial charge in [-0.15, -0.1) is 0 Å². The molecule has 0 bridgehead atoms. The molecule has 236 valence electrons. The van der Waals surface area contributed by atoms with Crippen LogP contribution in [0.4, 0.5) is 35.5 Å². The summed E-state index contributed by atoms with van der Waals surface area (Å²) in [6.45, 7) is 5.56. The van der Waals surface area contributed by atoms with Gasteiger partial charge >= 0.3 is 24.5 Å². The van der Waals surface area contributed by atoms with Gasteiger partial charge in [-0.3, -0.25) is 0 Å². The number of rotatable bonds is 3. The van der Waals surface area contributed by atoms with Crippen LogP contribution in [0.1, 0.15) is 73.0 Å². The average Bonchev–Trinajstić information content (AvgIpc) is 3.18. The fourth-order valence-electron chi connectivity index (χ4n) is 5.96. The Bertz CT molecular complexity index is 1330. The number of benzene rings is 2. The minimum Gasteiger partial charge on any atom is -0.321 e. The summed E-state index contributed by atoms with van der Waals surface area (Å²) in [6.07, 6.45) is -7.64. The van der Waals surface area contributed by atoms with Crippen LogP contribution in [0.15, 0.2) is 36.4 Å². The molecular formula is C29H31F7IN3O3. The van der Waals surface area contributed by atoms with Gasteiger partial charge in [-0.1, -0.05) is 28.7 Å². The van der Waals surface area contributed by atoms with E-state index in [1.807, 2.05) is 0 Å². The molecule has 2 aromatic rings. The van der Waals surface area contributed by atoms with Gasteiger partial charge < -0.3 is 15.1 Å². The van der Waals surface area contributed by atoms with Crippen molar-refractivity contribution >= 4 is 34.8 Å². The number of nitrogens with zero attached hydrogens (tertiary/aromatic N) is 2. The van der Waals surface area contributed by atoms with E-state index < -0.39 is 47.4 Å². The average molecular weight is 729 g/mol. The van der Waals surface area contributed by atoms with Gasteiger partial charge in [0.2, 0.25) is 0 Å². The largest absolute Gasteiger partial charge is 0.416 e. The topological polar surface area (TPSA) is 69.7 Å². The van der Waals surface area contributed by atoms with Crippen molar-refractivity contribution in [2.24, 2.45) is 0 Å². The number of nitrogens with one attached hydrogen (secondary N) is 1. The van der Waals surface area contributed by atoms with Crippen molar-refractivity contribution in [3.8, 4) is 0 Å². The number of piperidine rings is 1. The van der Waals surface area contributed by atoms with Crippen LogP contribution < -0.4 is 5.32 Å². The first-order valence-electron chi connectivity index (χ1n) is 13.3. The van der Waals surface area contributed by atoms with Gasteiger partial charge in [0.05, 0.1) is 23.2 Å². The number of halogens is 8. The molecule has 2 saturated heterocycles. The number of urea groups is 1. The lowest BCUT2D eigenvalue weighted by Crippen LogP contribution is -2.58. The first-order valence-corrected chi connectivity index (χ1v) is 14.6. The SMILES string of the molecule is Cc1cc(F)ccc1[C@H]1CC2(CCN1C(=O)N(C)[C@H](C)c1cc(C(F)(F)F)cc(C(F)(F)F)c1)N[C@@H](C)CC2I.O=C=O. The molecule has 1 spiro atoms. The number of carbonyl (C=O) groups excluding carboxylic acids is 3. The highest BCUT2D eigenvalue weighted by molar-refractivity contribution is 14.1. The highest BCUT2D eigenvalue weighted by atomic mass is 127. The quantitative estimate of drug-likeness (QED) is 0.203. The molecule has 2 unspecified atom stereocenters. The highest BCUT2D eigenvalue weighted by Crippen LogP contribution is 2.46. The van der Waals surface area contributed by atoms with Crippen LogP contribution in [0.5, 0.6) is 0 Å². The van der Waals surface area contributed by atoms with E-state index in [0.29, 0.717) is 37.1 Å². The summed E-state index contributed by atoms with van der Waals surface area (Å²) in [6, 6.07) is 3.91. The standard InChI is InChI=1S/C28H31F7IN3O.CO2/c1-15-9-21(29)5-6-22(15)23-14-26(24(36)10-16(2)37-26)7-8-39(23)25(40)38(4)17(3)18-11-19(27(30,31)32)13-20(12-18)28(33,34)35;2-1-3/h5-6,9,11-13,16-17,23-24,37H,7-8,10,14H2,1-4H3;/t16-,17+,23+,24?,26?;/m0./s1. The molecule has 6 nitrogen and oxygen atoms in total.